The molecule has 2 N–H and O–H groups in total. The van der Waals surface area contributed by atoms with Gasteiger partial charge in [0.2, 0.25) is 5.91 Å². The van der Waals surface area contributed by atoms with E-state index in [4.69, 9.17) is 11.6 Å². The lowest BCUT2D eigenvalue weighted by molar-refractivity contribution is -0.114. The zero-order chi connectivity index (χ0) is 19.7. The van der Waals surface area contributed by atoms with E-state index in [2.05, 4.69) is 20.3 Å². The maximum absolute atomic E-state index is 12.9. The molecular weight excluding hydrogens is 378 g/mol. The topological polar surface area (TPSA) is 83.0 Å². The molecule has 0 bridgehead atoms. The minimum absolute atomic E-state index is 0.0391. The van der Waals surface area contributed by atoms with Gasteiger partial charge in [-0.05, 0) is 36.2 Å². The van der Waals surface area contributed by atoms with Gasteiger partial charge in [-0.1, -0.05) is 23.7 Å². The second-order valence-electron chi connectivity index (χ2n) is 6.89. The van der Waals surface area contributed by atoms with E-state index in [9.17, 15) is 9.59 Å². The molecule has 0 fully saturated rings. The summed E-state index contributed by atoms with van der Waals surface area (Å²) in [6.07, 6.45) is 2.46. The number of pyridine rings is 1. The molecular formula is C20H20ClN5O2. The van der Waals surface area contributed by atoms with Gasteiger partial charge in [0.1, 0.15) is 5.15 Å². The van der Waals surface area contributed by atoms with Crippen molar-refractivity contribution < 1.29 is 4.79 Å². The standard InChI is InChI=1S/C20H20ClN5O2/c1-13(27)23-15-3-2-4-16(9-15)26-20(28)17-7-8-25(12-18(17)24-26)11-14-5-6-19(21)22-10-14/h2-6,9-10,24H,7-8,11-12H2,1H3,(H,23,27). The summed E-state index contributed by atoms with van der Waals surface area (Å²) in [6, 6.07) is 11.0. The van der Waals surface area contributed by atoms with E-state index >= 15 is 0 Å². The maximum atomic E-state index is 12.9. The molecule has 1 aliphatic rings. The summed E-state index contributed by atoms with van der Waals surface area (Å²) in [6.45, 7) is 3.66. The van der Waals surface area contributed by atoms with Crippen molar-refractivity contribution in [3.63, 3.8) is 0 Å². The fourth-order valence-electron chi connectivity index (χ4n) is 3.48. The van der Waals surface area contributed by atoms with Crippen LogP contribution in [0.5, 0.6) is 0 Å². The van der Waals surface area contributed by atoms with Gasteiger partial charge in [-0.2, -0.15) is 0 Å². The van der Waals surface area contributed by atoms with Gasteiger partial charge >= 0.3 is 0 Å². The molecule has 28 heavy (non-hydrogen) atoms. The summed E-state index contributed by atoms with van der Waals surface area (Å²) in [5.74, 6) is -0.150. The van der Waals surface area contributed by atoms with Crippen LogP contribution in [0.3, 0.4) is 0 Å². The molecule has 2 aromatic heterocycles. The summed E-state index contributed by atoms with van der Waals surface area (Å²) >= 11 is 5.85. The molecule has 1 aromatic carbocycles. The molecule has 0 saturated heterocycles. The summed E-state index contributed by atoms with van der Waals surface area (Å²) < 4.78 is 1.54. The Balaban J connectivity index is 1.56. The minimum Gasteiger partial charge on any atom is -0.326 e. The number of aromatic nitrogens is 3. The van der Waals surface area contributed by atoms with Crippen molar-refractivity contribution >= 4 is 23.2 Å². The molecule has 0 unspecified atom stereocenters. The van der Waals surface area contributed by atoms with E-state index in [-0.39, 0.29) is 11.5 Å². The predicted octanol–water partition coefficient (Wildman–Crippen LogP) is 2.73. The van der Waals surface area contributed by atoms with E-state index in [1.54, 1.807) is 29.1 Å². The molecule has 8 heteroatoms. The van der Waals surface area contributed by atoms with Crippen molar-refractivity contribution in [1.29, 1.82) is 0 Å². The summed E-state index contributed by atoms with van der Waals surface area (Å²) in [7, 11) is 0. The summed E-state index contributed by atoms with van der Waals surface area (Å²) in [5.41, 5.74) is 4.12. The first-order valence-electron chi connectivity index (χ1n) is 9.03. The first-order chi connectivity index (χ1) is 13.5. The van der Waals surface area contributed by atoms with Gasteiger partial charge in [-0.3, -0.25) is 19.6 Å². The number of hydrogen-bond acceptors (Lipinski definition) is 4. The van der Waals surface area contributed by atoms with Gasteiger partial charge < -0.3 is 5.32 Å². The van der Waals surface area contributed by atoms with E-state index in [0.29, 0.717) is 29.5 Å². The molecule has 144 valence electrons. The number of benzene rings is 1. The number of hydrogen-bond donors (Lipinski definition) is 2. The highest BCUT2D eigenvalue weighted by atomic mass is 35.5. The third kappa shape index (κ3) is 3.85. The van der Waals surface area contributed by atoms with Crippen molar-refractivity contribution in [2.24, 2.45) is 0 Å². The van der Waals surface area contributed by atoms with Crippen LogP contribution < -0.4 is 10.9 Å². The van der Waals surface area contributed by atoms with Crippen LogP contribution in [0.4, 0.5) is 5.69 Å². The van der Waals surface area contributed by atoms with Gasteiger partial charge in [0, 0.05) is 44.0 Å². The highest BCUT2D eigenvalue weighted by molar-refractivity contribution is 6.29. The van der Waals surface area contributed by atoms with Crippen LogP contribution in [-0.4, -0.2) is 32.1 Å². The number of halogens is 1. The Hall–Kier alpha value is -2.90. The number of carbonyl (C=O) groups excluding carboxylic acids is 1. The summed E-state index contributed by atoms with van der Waals surface area (Å²) in [5, 5.41) is 6.46. The Kier molecular flexibility index (Phi) is 5.02. The zero-order valence-corrected chi connectivity index (χ0v) is 16.2. The Labute approximate surface area is 166 Å². The third-order valence-corrected chi connectivity index (χ3v) is 4.98. The molecule has 0 atom stereocenters. The molecule has 0 radical (unpaired) electrons. The zero-order valence-electron chi connectivity index (χ0n) is 15.4. The lowest BCUT2D eigenvalue weighted by atomic mass is 10.1. The summed E-state index contributed by atoms with van der Waals surface area (Å²) in [4.78, 5) is 30.5. The first kappa shape index (κ1) is 18.5. The Morgan fingerprint density at radius 1 is 1.32 bits per heavy atom. The smallest absolute Gasteiger partial charge is 0.274 e. The van der Waals surface area contributed by atoms with Crippen molar-refractivity contribution in [2.45, 2.75) is 26.4 Å². The number of anilines is 1. The molecule has 0 aliphatic carbocycles. The lowest BCUT2D eigenvalue weighted by Crippen LogP contribution is -2.31. The normalized spacial score (nSPS) is 13.9. The Morgan fingerprint density at radius 2 is 2.18 bits per heavy atom. The molecule has 1 aliphatic heterocycles. The number of H-pyrrole nitrogens is 1. The van der Waals surface area contributed by atoms with Crippen LogP contribution in [0.1, 0.15) is 23.7 Å². The largest absolute Gasteiger partial charge is 0.326 e. The number of aromatic amines is 1. The number of rotatable bonds is 4. The van der Waals surface area contributed by atoms with Crippen LogP contribution in [0.15, 0.2) is 47.4 Å². The maximum Gasteiger partial charge on any atom is 0.274 e. The molecule has 0 spiro atoms. The highest BCUT2D eigenvalue weighted by Gasteiger charge is 2.23. The monoisotopic (exact) mass is 397 g/mol. The van der Waals surface area contributed by atoms with Crippen LogP contribution in [0.25, 0.3) is 5.69 Å². The van der Waals surface area contributed by atoms with Crippen LogP contribution in [0.2, 0.25) is 5.15 Å². The molecule has 4 rings (SSSR count). The third-order valence-electron chi connectivity index (χ3n) is 4.75. The number of fused-ring (bicyclic) bond motifs is 1. The van der Waals surface area contributed by atoms with E-state index in [1.165, 1.54) is 6.92 Å². The Morgan fingerprint density at radius 3 is 2.93 bits per heavy atom. The second-order valence-corrected chi connectivity index (χ2v) is 7.28. The first-order valence-corrected chi connectivity index (χ1v) is 9.41. The average Bonchev–Trinajstić information content (AvgIpc) is 2.99. The second kappa shape index (κ2) is 7.61. The SMILES string of the molecule is CC(=O)Nc1cccc(-n2[nH]c3c(c2=O)CCN(Cc2ccc(Cl)nc2)C3)c1. The van der Waals surface area contributed by atoms with Crippen molar-refractivity contribution in [3.8, 4) is 5.69 Å². The predicted molar refractivity (Wildman–Crippen MR) is 108 cm³/mol. The van der Waals surface area contributed by atoms with Gasteiger partial charge in [0.25, 0.3) is 5.56 Å². The number of nitrogens with zero attached hydrogens (tertiary/aromatic N) is 3. The average molecular weight is 398 g/mol. The van der Waals surface area contributed by atoms with Gasteiger partial charge in [-0.15, -0.1) is 0 Å². The number of amides is 1. The quantitative estimate of drug-likeness (QED) is 0.663. The molecule has 7 nitrogen and oxygen atoms in total. The van der Waals surface area contributed by atoms with Gasteiger partial charge in [0.15, 0.2) is 0 Å². The molecule has 0 saturated carbocycles. The fraction of sp³-hybridized carbons (Fsp3) is 0.250. The van der Waals surface area contributed by atoms with Crippen molar-refractivity contribution in [2.75, 3.05) is 11.9 Å². The van der Waals surface area contributed by atoms with E-state index in [1.807, 2.05) is 18.2 Å². The molecule has 3 aromatic rings. The van der Waals surface area contributed by atoms with Gasteiger partial charge in [-0.25, -0.2) is 9.67 Å². The van der Waals surface area contributed by atoms with Crippen molar-refractivity contribution in [3.05, 3.63) is 74.9 Å². The fourth-order valence-corrected chi connectivity index (χ4v) is 3.59. The van der Waals surface area contributed by atoms with Crippen LogP contribution >= 0.6 is 11.6 Å². The van der Waals surface area contributed by atoms with E-state index < -0.39 is 0 Å². The Bertz CT molecular complexity index is 1070. The minimum atomic E-state index is -0.150. The number of carbonyl (C=O) groups is 1. The number of nitrogens with one attached hydrogen (secondary N) is 2. The van der Waals surface area contributed by atoms with Crippen LogP contribution in [-0.2, 0) is 24.3 Å². The lowest BCUT2D eigenvalue weighted by Gasteiger charge is -2.25. The molecule has 3 heterocycles. The van der Waals surface area contributed by atoms with Crippen molar-refractivity contribution in [1.82, 2.24) is 19.7 Å². The highest BCUT2D eigenvalue weighted by Crippen LogP contribution is 2.19. The van der Waals surface area contributed by atoms with Crippen LogP contribution in [0, 0.1) is 0 Å². The molecule has 1 amide bonds. The van der Waals surface area contributed by atoms with Gasteiger partial charge in [0.05, 0.1) is 11.4 Å². The van der Waals surface area contributed by atoms with E-state index in [0.717, 1.165) is 29.9 Å².